The number of amides is 4. The second kappa shape index (κ2) is 7.40. The van der Waals surface area contributed by atoms with Gasteiger partial charge in [-0.3, -0.25) is 14.5 Å². The molecular formula is C16H19Cl2N3O3. The lowest BCUT2D eigenvalue weighted by Crippen LogP contribution is -2.43. The van der Waals surface area contributed by atoms with Gasteiger partial charge < -0.3 is 10.6 Å². The summed E-state index contributed by atoms with van der Waals surface area (Å²) in [6.45, 7) is 3.75. The van der Waals surface area contributed by atoms with Crippen LogP contribution in [0.15, 0.2) is 18.2 Å². The molecule has 1 saturated heterocycles. The summed E-state index contributed by atoms with van der Waals surface area (Å²) in [5, 5.41) is 5.99. The van der Waals surface area contributed by atoms with E-state index in [2.05, 4.69) is 10.6 Å². The number of unbranched alkanes of at least 4 members (excludes halogenated alkanes) is 1. The van der Waals surface area contributed by atoms with E-state index in [1.807, 2.05) is 6.92 Å². The van der Waals surface area contributed by atoms with Crippen LogP contribution in [0.3, 0.4) is 0 Å². The average Bonchev–Trinajstić information content (AvgIpc) is 2.71. The molecule has 1 aromatic carbocycles. The van der Waals surface area contributed by atoms with Crippen LogP contribution in [0.25, 0.3) is 0 Å². The lowest BCUT2D eigenvalue weighted by Gasteiger charge is -2.23. The first-order valence-electron chi connectivity index (χ1n) is 7.66. The van der Waals surface area contributed by atoms with Crippen molar-refractivity contribution in [2.75, 3.05) is 13.1 Å². The van der Waals surface area contributed by atoms with Crippen molar-refractivity contribution < 1.29 is 14.4 Å². The fourth-order valence-corrected chi connectivity index (χ4v) is 3.12. The Morgan fingerprint density at radius 1 is 1.33 bits per heavy atom. The molecule has 2 N–H and O–H groups in total. The molecule has 2 rings (SSSR count). The maximum atomic E-state index is 12.7. The zero-order valence-corrected chi connectivity index (χ0v) is 15.0. The summed E-state index contributed by atoms with van der Waals surface area (Å²) in [6.07, 6.45) is 1.78. The molecule has 0 saturated carbocycles. The molecule has 0 spiro atoms. The number of nitrogens with one attached hydrogen (secondary N) is 2. The molecule has 24 heavy (non-hydrogen) atoms. The van der Waals surface area contributed by atoms with Crippen molar-refractivity contribution in [3.8, 4) is 0 Å². The molecule has 0 bridgehead atoms. The van der Waals surface area contributed by atoms with Gasteiger partial charge in [-0.25, -0.2) is 4.79 Å². The van der Waals surface area contributed by atoms with Gasteiger partial charge in [0.15, 0.2) is 0 Å². The zero-order valence-electron chi connectivity index (χ0n) is 13.5. The fraction of sp³-hybridized carbons (Fsp3) is 0.438. The Kier molecular flexibility index (Phi) is 5.72. The topological polar surface area (TPSA) is 78.5 Å². The molecule has 6 nitrogen and oxygen atoms in total. The van der Waals surface area contributed by atoms with E-state index in [4.69, 9.17) is 23.2 Å². The number of benzene rings is 1. The third-order valence-electron chi connectivity index (χ3n) is 3.90. The van der Waals surface area contributed by atoms with Gasteiger partial charge in [-0.15, -0.1) is 0 Å². The van der Waals surface area contributed by atoms with E-state index in [0.717, 1.165) is 17.7 Å². The Balaban J connectivity index is 2.17. The fourth-order valence-electron chi connectivity index (χ4n) is 2.52. The monoisotopic (exact) mass is 371 g/mol. The second-order valence-corrected chi connectivity index (χ2v) is 6.62. The van der Waals surface area contributed by atoms with Crippen molar-refractivity contribution in [1.82, 2.24) is 15.5 Å². The highest BCUT2D eigenvalue weighted by atomic mass is 35.5. The molecule has 1 fully saturated rings. The van der Waals surface area contributed by atoms with Gasteiger partial charge in [-0.2, -0.15) is 0 Å². The molecule has 1 aliphatic rings. The lowest BCUT2D eigenvalue weighted by atomic mass is 9.92. The third-order valence-corrected chi connectivity index (χ3v) is 4.45. The van der Waals surface area contributed by atoms with Crippen LogP contribution in [-0.4, -0.2) is 35.8 Å². The van der Waals surface area contributed by atoms with E-state index in [1.165, 1.54) is 6.07 Å². The predicted molar refractivity (Wildman–Crippen MR) is 92.0 cm³/mol. The van der Waals surface area contributed by atoms with Crippen molar-refractivity contribution in [1.29, 1.82) is 0 Å². The van der Waals surface area contributed by atoms with Crippen LogP contribution in [0.4, 0.5) is 4.79 Å². The number of imide groups is 1. The van der Waals surface area contributed by atoms with Gasteiger partial charge in [0.2, 0.25) is 5.91 Å². The summed E-state index contributed by atoms with van der Waals surface area (Å²) in [5.41, 5.74) is -0.900. The number of carbonyl (C=O) groups excluding carboxylic acids is 3. The van der Waals surface area contributed by atoms with Crippen LogP contribution in [0.1, 0.15) is 32.3 Å². The minimum Gasteiger partial charge on any atom is -0.355 e. The number of hydrogen-bond acceptors (Lipinski definition) is 3. The van der Waals surface area contributed by atoms with Crippen molar-refractivity contribution >= 4 is 41.0 Å². The van der Waals surface area contributed by atoms with Crippen molar-refractivity contribution in [2.45, 2.75) is 32.2 Å². The molecule has 1 heterocycles. The van der Waals surface area contributed by atoms with Crippen LogP contribution in [-0.2, 0) is 15.1 Å². The largest absolute Gasteiger partial charge is 0.355 e. The summed E-state index contributed by atoms with van der Waals surface area (Å²) in [7, 11) is 0. The van der Waals surface area contributed by atoms with Crippen LogP contribution in [0.5, 0.6) is 0 Å². The molecule has 1 aliphatic heterocycles. The number of urea groups is 1. The first-order chi connectivity index (χ1) is 11.3. The van der Waals surface area contributed by atoms with E-state index in [-0.39, 0.29) is 17.5 Å². The highest BCUT2D eigenvalue weighted by Gasteiger charge is 2.50. The molecule has 0 aliphatic carbocycles. The standard InChI is InChI=1S/C16H19Cl2N3O3/c1-3-4-7-19-13(22)9-21-14(23)16(2,20-15(21)24)11-6-5-10(17)8-12(11)18/h5-6,8H,3-4,7,9H2,1-2H3,(H,19,22)(H,20,24)/t16-/m1/s1. The van der Waals surface area contributed by atoms with E-state index in [9.17, 15) is 14.4 Å². The van der Waals surface area contributed by atoms with Gasteiger partial charge in [0.25, 0.3) is 5.91 Å². The summed E-state index contributed by atoms with van der Waals surface area (Å²) in [6, 6.07) is 4.06. The molecule has 0 aromatic heterocycles. The molecule has 4 amide bonds. The zero-order chi connectivity index (χ0) is 17.9. The number of carbonyl (C=O) groups is 3. The minimum atomic E-state index is -1.33. The van der Waals surface area contributed by atoms with Crippen LogP contribution in [0, 0.1) is 0 Å². The lowest BCUT2D eigenvalue weighted by molar-refractivity contribution is -0.134. The highest BCUT2D eigenvalue weighted by molar-refractivity contribution is 6.35. The minimum absolute atomic E-state index is 0.271. The van der Waals surface area contributed by atoms with Crippen LogP contribution in [0.2, 0.25) is 10.0 Å². The number of nitrogens with zero attached hydrogens (tertiary/aromatic N) is 1. The SMILES string of the molecule is CCCCNC(=O)CN1C(=O)N[C@](C)(c2ccc(Cl)cc2Cl)C1=O. The smallest absolute Gasteiger partial charge is 0.325 e. The first-order valence-corrected chi connectivity index (χ1v) is 8.41. The molecule has 0 radical (unpaired) electrons. The van der Waals surface area contributed by atoms with Gasteiger partial charge in [0.05, 0.1) is 0 Å². The summed E-state index contributed by atoms with van der Waals surface area (Å²) in [4.78, 5) is 37.7. The van der Waals surface area contributed by atoms with Gasteiger partial charge in [0.1, 0.15) is 12.1 Å². The van der Waals surface area contributed by atoms with E-state index < -0.39 is 17.5 Å². The second-order valence-electron chi connectivity index (χ2n) is 5.77. The van der Waals surface area contributed by atoms with Crippen LogP contribution >= 0.6 is 23.2 Å². The van der Waals surface area contributed by atoms with Crippen molar-refractivity contribution in [3.63, 3.8) is 0 Å². The molecule has 0 unspecified atom stereocenters. The van der Waals surface area contributed by atoms with Crippen molar-refractivity contribution in [2.24, 2.45) is 0 Å². The van der Waals surface area contributed by atoms with E-state index in [0.29, 0.717) is 17.1 Å². The normalized spacial score (nSPS) is 20.2. The molecule has 130 valence electrons. The summed E-state index contributed by atoms with van der Waals surface area (Å²) < 4.78 is 0. The number of hydrogen-bond donors (Lipinski definition) is 2. The van der Waals surface area contributed by atoms with E-state index >= 15 is 0 Å². The highest BCUT2D eigenvalue weighted by Crippen LogP contribution is 2.34. The Morgan fingerprint density at radius 2 is 2.04 bits per heavy atom. The molecule has 1 aromatic rings. The average molecular weight is 372 g/mol. The quantitative estimate of drug-likeness (QED) is 0.595. The van der Waals surface area contributed by atoms with Crippen LogP contribution < -0.4 is 10.6 Å². The summed E-state index contributed by atoms with van der Waals surface area (Å²) >= 11 is 12.0. The Labute approximate surface area is 150 Å². The van der Waals surface area contributed by atoms with E-state index in [1.54, 1.807) is 19.1 Å². The van der Waals surface area contributed by atoms with Gasteiger partial charge in [0, 0.05) is 22.2 Å². The van der Waals surface area contributed by atoms with Crippen molar-refractivity contribution in [3.05, 3.63) is 33.8 Å². The Morgan fingerprint density at radius 3 is 2.67 bits per heavy atom. The first kappa shape index (κ1) is 18.5. The number of halogens is 2. The van der Waals surface area contributed by atoms with Gasteiger partial charge in [-0.1, -0.05) is 42.6 Å². The predicted octanol–water partition coefficient (Wildman–Crippen LogP) is 2.68. The number of rotatable bonds is 6. The summed E-state index contributed by atoms with van der Waals surface area (Å²) in [5.74, 6) is -0.902. The van der Waals surface area contributed by atoms with Gasteiger partial charge >= 0.3 is 6.03 Å². The maximum absolute atomic E-state index is 12.7. The molecule has 1 atom stereocenters. The molecular weight excluding hydrogens is 353 g/mol. The Bertz CT molecular complexity index is 681. The maximum Gasteiger partial charge on any atom is 0.325 e. The third kappa shape index (κ3) is 3.65. The molecule has 8 heteroatoms. The Hall–Kier alpha value is -1.79. The van der Waals surface area contributed by atoms with Gasteiger partial charge in [-0.05, 0) is 25.5 Å².